The minimum Gasteiger partial charge on any atom is -0.368 e. The topological polar surface area (TPSA) is 72.1 Å². The summed E-state index contributed by atoms with van der Waals surface area (Å²) in [7, 11) is 0. The lowest BCUT2D eigenvalue weighted by Gasteiger charge is -2.20. The molecule has 1 aromatic carbocycles. The van der Waals surface area contributed by atoms with Crippen LogP contribution in [0.5, 0.6) is 0 Å². The van der Waals surface area contributed by atoms with Gasteiger partial charge in [-0.3, -0.25) is 4.79 Å². The molecule has 0 saturated carbocycles. The Kier molecular flexibility index (Phi) is 4.34. The summed E-state index contributed by atoms with van der Waals surface area (Å²) in [4.78, 5) is 23.2. The number of aromatic nitrogens is 2. The fraction of sp³-hybridized carbons (Fsp3) is 0.316. The molecule has 0 bridgehead atoms. The summed E-state index contributed by atoms with van der Waals surface area (Å²) in [6.07, 6.45) is 4.17. The molecule has 1 aromatic heterocycles. The van der Waals surface area contributed by atoms with E-state index in [1.165, 1.54) is 0 Å². The number of anilines is 1. The molecule has 0 fully saturated rings. The van der Waals surface area contributed by atoms with Crippen LogP contribution >= 0.6 is 0 Å². The van der Waals surface area contributed by atoms with Crippen LogP contribution in [-0.2, 0) is 11.3 Å². The van der Waals surface area contributed by atoms with Gasteiger partial charge in [-0.05, 0) is 26.8 Å². The smallest absolute Gasteiger partial charge is 0.227 e. The van der Waals surface area contributed by atoms with Crippen molar-refractivity contribution in [2.45, 2.75) is 39.8 Å². The number of rotatable bonds is 3. The third-order valence-corrected chi connectivity index (χ3v) is 4.39. The molecule has 2 aromatic rings. The van der Waals surface area contributed by atoms with Crippen molar-refractivity contribution < 1.29 is 4.79 Å². The number of nitrogen functional groups attached to an aromatic ring is 1. The van der Waals surface area contributed by atoms with Gasteiger partial charge in [0.15, 0.2) is 0 Å². The Morgan fingerprint density at radius 2 is 2.21 bits per heavy atom. The van der Waals surface area contributed by atoms with Crippen LogP contribution in [0.25, 0.3) is 11.3 Å². The number of nitrogens with zero attached hydrogens (tertiary/aromatic N) is 3. The average molecular weight is 322 g/mol. The van der Waals surface area contributed by atoms with Crippen LogP contribution in [0.1, 0.15) is 43.1 Å². The summed E-state index contributed by atoms with van der Waals surface area (Å²) in [6, 6.07) is 8.06. The maximum atomic E-state index is 12.5. The molecule has 2 N–H and O–H groups in total. The summed E-state index contributed by atoms with van der Waals surface area (Å²) in [6.45, 7) is 6.48. The van der Waals surface area contributed by atoms with Gasteiger partial charge in [0, 0.05) is 17.5 Å². The quantitative estimate of drug-likeness (QED) is 0.879. The van der Waals surface area contributed by atoms with Gasteiger partial charge in [-0.25, -0.2) is 9.97 Å². The minimum atomic E-state index is -0.0911. The van der Waals surface area contributed by atoms with Gasteiger partial charge >= 0.3 is 0 Å². The molecule has 0 saturated heterocycles. The van der Waals surface area contributed by atoms with Crippen molar-refractivity contribution in [3.05, 3.63) is 53.2 Å². The van der Waals surface area contributed by atoms with Gasteiger partial charge in [0.05, 0.1) is 24.0 Å². The van der Waals surface area contributed by atoms with E-state index < -0.39 is 0 Å². The van der Waals surface area contributed by atoms with Crippen molar-refractivity contribution >= 4 is 11.9 Å². The highest BCUT2D eigenvalue weighted by Crippen LogP contribution is 2.38. The molecule has 1 aliphatic heterocycles. The maximum absolute atomic E-state index is 12.5. The van der Waals surface area contributed by atoms with Crippen LogP contribution < -0.4 is 5.73 Å². The standard InChI is InChI=1S/C19H22N4O/c1-4-5-9-16(24)23-11-15-17(13(23)3)21-19(20)22-18(15)14-8-6-7-12(2)10-14/h4-8,10,13H,9,11H2,1-3H3,(H2,20,21,22)/b5-4+. The monoisotopic (exact) mass is 322 g/mol. The van der Waals surface area contributed by atoms with Crippen LogP contribution in [-0.4, -0.2) is 20.8 Å². The van der Waals surface area contributed by atoms with Crippen molar-refractivity contribution in [1.29, 1.82) is 0 Å². The van der Waals surface area contributed by atoms with E-state index in [0.29, 0.717) is 13.0 Å². The number of aryl methyl sites for hydroxylation is 1. The first kappa shape index (κ1) is 16.2. The second-order valence-corrected chi connectivity index (χ2v) is 6.13. The molecule has 1 atom stereocenters. The zero-order chi connectivity index (χ0) is 17.3. The largest absolute Gasteiger partial charge is 0.368 e. The predicted octanol–water partition coefficient (Wildman–Crippen LogP) is 3.40. The molecule has 0 spiro atoms. The van der Waals surface area contributed by atoms with Crippen LogP contribution in [0, 0.1) is 6.92 Å². The van der Waals surface area contributed by atoms with Crippen LogP contribution in [0.2, 0.25) is 0 Å². The lowest BCUT2D eigenvalue weighted by molar-refractivity contribution is -0.132. The summed E-state index contributed by atoms with van der Waals surface area (Å²) in [5, 5.41) is 0. The summed E-state index contributed by atoms with van der Waals surface area (Å²) >= 11 is 0. The van der Waals surface area contributed by atoms with Crippen LogP contribution in [0.15, 0.2) is 36.4 Å². The molecule has 124 valence electrons. The average Bonchev–Trinajstić information content (AvgIpc) is 2.89. The number of fused-ring (bicyclic) bond motifs is 1. The van der Waals surface area contributed by atoms with Crippen molar-refractivity contribution in [2.75, 3.05) is 5.73 Å². The van der Waals surface area contributed by atoms with Crippen molar-refractivity contribution in [2.24, 2.45) is 0 Å². The Morgan fingerprint density at radius 1 is 1.42 bits per heavy atom. The van der Waals surface area contributed by atoms with E-state index in [-0.39, 0.29) is 17.9 Å². The van der Waals surface area contributed by atoms with Crippen LogP contribution in [0.4, 0.5) is 5.95 Å². The van der Waals surface area contributed by atoms with E-state index >= 15 is 0 Å². The highest BCUT2D eigenvalue weighted by molar-refractivity contribution is 5.80. The van der Waals surface area contributed by atoms with E-state index in [4.69, 9.17) is 5.73 Å². The first-order valence-corrected chi connectivity index (χ1v) is 8.15. The fourth-order valence-corrected chi connectivity index (χ4v) is 3.15. The SMILES string of the molecule is C/C=C/CC(=O)N1Cc2c(-c3cccc(C)c3)nc(N)nc2C1C. The third-order valence-electron chi connectivity index (χ3n) is 4.39. The second-order valence-electron chi connectivity index (χ2n) is 6.13. The van der Waals surface area contributed by atoms with Gasteiger partial charge in [0.2, 0.25) is 11.9 Å². The molecule has 2 heterocycles. The van der Waals surface area contributed by atoms with Gasteiger partial charge < -0.3 is 10.6 Å². The molecule has 1 aliphatic rings. The lowest BCUT2D eigenvalue weighted by atomic mass is 10.0. The van der Waals surface area contributed by atoms with Gasteiger partial charge in [-0.2, -0.15) is 0 Å². The number of carbonyl (C=O) groups excluding carboxylic acids is 1. The number of benzene rings is 1. The molecule has 24 heavy (non-hydrogen) atoms. The van der Waals surface area contributed by atoms with Gasteiger partial charge in [-0.1, -0.05) is 35.9 Å². The Hall–Kier alpha value is -2.69. The highest BCUT2D eigenvalue weighted by Gasteiger charge is 2.34. The van der Waals surface area contributed by atoms with Gasteiger partial charge in [0.25, 0.3) is 0 Å². The Balaban J connectivity index is 2.03. The zero-order valence-corrected chi connectivity index (χ0v) is 14.3. The first-order chi connectivity index (χ1) is 11.5. The molecule has 5 nitrogen and oxygen atoms in total. The molecule has 1 unspecified atom stereocenters. The first-order valence-electron chi connectivity index (χ1n) is 8.15. The summed E-state index contributed by atoms with van der Waals surface area (Å²) in [5.74, 6) is 0.340. The number of carbonyl (C=O) groups is 1. The van der Waals surface area contributed by atoms with E-state index in [1.807, 2.05) is 56.0 Å². The van der Waals surface area contributed by atoms with E-state index in [9.17, 15) is 4.79 Å². The van der Waals surface area contributed by atoms with E-state index in [0.717, 1.165) is 28.1 Å². The minimum absolute atomic E-state index is 0.0902. The van der Waals surface area contributed by atoms with E-state index in [1.54, 1.807) is 0 Å². The predicted molar refractivity (Wildman–Crippen MR) is 95.0 cm³/mol. The van der Waals surface area contributed by atoms with Crippen molar-refractivity contribution in [3.63, 3.8) is 0 Å². The van der Waals surface area contributed by atoms with Gasteiger partial charge in [0.1, 0.15) is 0 Å². The van der Waals surface area contributed by atoms with Crippen molar-refractivity contribution in [3.8, 4) is 11.3 Å². The lowest BCUT2D eigenvalue weighted by Crippen LogP contribution is -2.27. The van der Waals surface area contributed by atoms with Crippen molar-refractivity contribution in [1.82, 2.24) is 14.9 Å². The Labute approximate surface area is 142 Å². The number of hydrogen-bond donors (Lipinski definition) is 1. The molecule has 1 amide bonds. The third kappa shape index (κ3) is 2.89. The van der Waals surface area contributed by atoms with E-state index in [2.05, 4.69) is 16.0 Å². The highest BCUT2D eigenvalue weighted by atomic mass is 16.2. The van der Waals surface area contributed by atoms with Crippen LogP contribution in [0.3, 0.4) is 0 Å². The number of nitrogens with two attached hydrogens (primary N) is 1. The number of amides is 1. The second kappa shape index (κ2) is 6.43. The molecular formula is C19H22N4O. The Morgan fingerprint density at radius 3 is 2.92 bits per heavy atom. The summed E-state index contributed by atoms with van der Waals surface area (Å²) in [5.41, 5.74) is 10.8. The van der Waals surface area contributed by atoms with Gasteiger partial charge in [-0.15, -0.1) is 0 Å². The zero-order valence-electron chi connectivity index (χ0n) is 14.3. The Bertz CT molecular complexity index is 813. The molecule has 3 rings (SSSR count). The summed E-state index contributed by atoms with van der Waals surface area (Å²) < 4.78 is 0. The maximum Gasteiger partial charge on any atom is 0.227 e. The normalized spacial score (nSPS) is 16.6. The number of allylic oxidation sites excluding steroid dienone is 1. The molecule has 0 aliphatic carbocycles. The number of hydrogen-bond acceptors (Lipinski definition) is 4. The molecule has 0 radical (unpaired) electrons. The molecular weight excluding hydrogens is 300 g/mol. The molecule has 5 heteroatoms. The fourth-order valence-electron chi connectivity index (χ4n) is 3.15.